The van der Waals surface area contributed by atoms with E-state index in [0.717, 1.165) is 77.0 Å². The van der Waals surface area contributed by atoms with E-state index in [9.17, 15) is 28.9 Å². The molecule has 3 atom stereocenters. The van der Waals surface area contributed by atoms with Gasteiger partial charge < -0.3 is 24.2 Å². The van der Waals surface area contributed by atoms with Crippen molar-refractivity contribution in [1.82, 2.24) is 0 Å². The molecule has 0 heterocycles. The van der Waals surface area contributed by atoms with Crippen LogP contribution in [0.3, 0.4) is 0 Å². The van der Waals surface area contributed by atoms with E-state index in [4.69, 9.17) is 23.3 Å². The van der Waals surface area contributed by atoms with Crippen LogP contribution in [0.5, 0.6) is 0 Å². The smallest absolute Gasteiger partial charge is 0.462 e. The van der Waals surface area contributed by atoms with Crippen LogP contribution in [-0.4, -0.2) is 66.5 Å². The molecular weight excluding hydrogens is 808 g/mol. The standard InChI is InChI=1S/C50H93O11P/c1-4-7-10-13-16-19-20-21-22-23-24-25-26-29-32-35-38-41-50(54)61-47(43-57-48(52)39-36-33-30-27-17-14-11-8-5-2)45-59-62(55,56)58-44-46(42-51)60-49(53)40-37-34-31-28-18-15-12-9-6-3/h16,19,21-22,46-47,51H,4-15,17-18,20,23-45H2,1-3H3,(H,55,56)/b19-16-,22-21-. The van der Waals surface area contributed by atoms with Gasteiger partial charge in [0.2, 0.25) is 0 Å². The lowest BCUT2D eigenvalue weighted by atomic mass is 10.1. The summed E-state index contributed by atoms with van der Waals surface area (Å²) in [5.74, 6) is -1.46. The predicted molar refractivity (Wildman–Crippen MR) is 252 cm³/mol. The molecule has 3 unspecified atom stereocenters. The van der Waals surface area contributed by atoms with E-state index in [2.05, 4.69) is 45.1 Å². The Morgan fingerprint density at radius 2 is 0.790 bits per heavy atom. The van der Waals surface area contributed by atoms with Crippen molar-refractivity contribution in [3.8, 4) is 0 Å². The summed E-state index contributed by atoms with van der Waals surface area (Å²) in [6.07, 6.45) is 41.6. The molecule has 0 aliphatic carbocycles. The SMILES string of the molecule is CCCCC/C=C\C/C=C\CCCCCCCCCC(=O)OC(COC(=O)CCCCCCCCCCC)COP(=O)(O)OCC(CO)OC(=O)CCCCCCCCCCC. The molecule has 0 saturated carbocycles. The van der Waals surface area contributed by atoms with Gasteiger partial charge in [-0.05, 0) is 51.4 Å². The number of carbonyl (C=O) groups is 3. The minimum Gasteiger partial charge on any atom is -0.462 e. The van der Waals surface area contributed by atoms with Crippen molar-refractivity contribution in [3.63, 3.8) is 0 Å². The van der Waals surface area contributed by atoms with Gasteiger partial charge in [-0.25, -0.2) is 4.57 Å². The van der Waals surface area contributed by atoms with E-state index in [1.165, 1.54) is 103 Å². The average Bonchev–Trinajstić information content (AvgIpc) is 3.25. The summed E-state index contributed by atoms with van der Waals surface area (Å²) < 4.78 is 39.2. The fourth-order valence-corrected chi connectivity index (χ4v) is 7.76. The molecule has 0 bridgehead atoms. The van der Waals surface area contributed by atoms with Crippen molar-refractivity contribution in [2.45, 2.75) is 251 Å². The second-order valence-electron chi connectivity index (χ2n) is 17.0. The Bertz CT molecular complexity index is 1140. The van der Waals surface area contributed by atoms with Crippen molar-refractivity contribution >= 4 is 25.7 Å². The monoisotopic (exact) mass is 901 g/mol. The quantitative estimate of drug-likeness (QED) is 0.0197. The molecule has 0 spiro atoms. The lowest BCUT2D eigenvalue weighted by molar-refractivity contribution is -0.161. The zero-order chi connectivity index (χ0) is 45.6. The molecule has 62 heavy (non-hydrogen) atoms. The molecule has 2 N–H and O–H groups in total. The van der Waals surface area contributed by atoms with Crippen LogP contribution in [0.2, 0.25) is 0 Å². The van der Waals surface area contributed by atoms with Gasteiger partial charge >= 0.3 is 25.7 Å². The summed E-state index contributed by atoms with van der Waals surface area (Å²) in [6, 6.07) is 0. The molecule has 0 aliphatic rings. The van der Waals surface area contributed by atoms with Gasteiger partial charge in [0.25, 0.3) is 0 Å². The Morgan fingerprint density at radius 3 is 1.23 bits per heavy atom. The third-order valence-electron chi connectivity index (χ3n) is 10.9. The van der Waals surface area contributed by atoms with Gasteiger partial charge in [-0.3, -0.25) is 23.4 Å². The Morgan fingerprint density at radius 1 is 0.452 bits per heavy atom. The van der Waals surface area contributed by atoms with Crippen molar-refractivity contribution in [2.75, 3.05) is 26.4 Å². The van der Waals surface area contributed by atoms with E-state index >= 15 is 0 Å². The van der Waals surface area contributed by atoms with Crippen LogP contribution in [0.25, 0.3) is 0 Å². The first-order chi connectivity index (χ1) is 30.2. The van der Waals surface area contributed by atoms with Crippen LogP contribution in [0.4, 0.5) is 0 Å². The largest absolute Gasteiger partial charge is 0.472 e. The fourth-order valence-electron chi connectivity index (χ4n) is 6.97. The van der Waals surface area contributed by atoms with Crippen molar-refractivity contribution in [3.05, 3.63) is 24.3 Å². The number of aliphatic hydroxyl groups excluding tert-OH is 1. The zero-order valence-corrected chi connectivity index (χ0v) is 40.7. The summed E-state index contributed by atoms with van der Waals surface area (Å²) >= 11 is 0. The average molecular weight is 901 g/mol. The minimum atomic E-state index is -4.73. The Hall–Kier alpha value is -2.04. The number of rotatable bonds is 47. The fraction of sp³-hybridized carbons (Fsp3) is 0.860. The first kappa shape index (κ1) is 60.0. The second-order valence-corrected chi connectivity index (χ2v) is 18.4. The van der Waals surface area contributed by atoms with Crippen LogP contribution in [-0.2, 0) is 42.2 Å². The number of hydrogen-bond acceptors (Lipinski definition) is 10. The van der Waals surface area contributed by atoms with Crippen molar-refractivity contribution in [2.24, 2.45) is 0 Å². The molecule has 0 aromatic rings. The number of phosphoric ester groups is 1. The molecule has 0 radical (unpaired) electrons. The Balaban J connectivity index is 4.70. The summed E-state index contributed by atoms with van der Waals surface area (Å²) in [4.78, 5) is 48.1. The topological polar surface area (TPSA) is 155 Å². The number of hydrogen-bond donors (Lipinski definition) is 2. The lowest BCUT2D eigenvalue weighted by Crippen LogP contribution is -2.30. The molecule has 11 nitrogen and oxygen atoms in total. The van der Waals surface area contributed by atoms with Gasteiger partial charge in [-0.1, -0.05) is 193 Å². The van der Waals surface area contributed by atoms with Gasteiger partial charge in [0.05, 0.1) is 19.8 Å². The molecule has 0 fully saturated rings. The van der Waals surface area contributed by atoms with Gasteiger partial charge in [-0.15, -0.1) is 0 Å². The highest BCUT2D eigenvalue weighted by atomic mass is 31.2. The maximum absolute atomic E-state index is 12.8. The van der Waals surface area contributed by atoms with E-state index in [-0.39, 0.29) is 25.9 Å². The van der Waals surface area contributed by atoms with Crippen LogP contribution in [0.15, 0.2) is 24.3 Å². The first-order valence-corrected chi connectivity index (χ1v) is 26.7. The molecule has 0 rings (SSSR count). The molecule has 0 aromatic heterocycles. The normalized spacial score (nSPS) is 13.7. The number of esters is 3. The maximum Gasteiger partial charge on any atom is 0.472 e. The first-order valence-electron chi connectivity index (χ1n) is 25.2. The summed E-state index contributed by atoms with van der Waals surface area (Å²) in [7, 11) is -4.73. The molecule has 0 aliphatic heterocycles. The summed E-state index contributed by atoms with van der Waals surface area (Å²) in [6.45, 7) is 4.56. The highest BCUT2D eigenvalue weighted by Crippen LogP contribution is 2.43. The van der Waals surface area contributed by atoms with Crippen molar-refractivity contribution < 1.29 is 52.2 Å². The van der Waals surface area contributed by atoms with Gasteiger partial charge in [-0.2, -0.15) is 0 Å². The van der Waals surface area contributed by atoms with Gasteiger partial charge in [0.1, 0.15) is 12.7 Å². The summed E-state index contributed by atoms with van der Waals surface area (Å²) in [5.41, 5.74) is 0. The number of allylic oxidation sites excluding steroid dienone is 4. The van der Waals surface area contributed by atoms with Crippen LogP contribution < -0.4 is 0 Å². The number of phosphoric acid groups is 1. The lowest BCUT2D eigenvalue weighted by Gasteiger charge is -2.21. The molecule has 0 aromatic carbocycles. The van der Waals surface area contributed by atoms with Crippen LogP contribution in [0.1, 0.15) is 239 Å². The van der Waals surface area contributed by atoms with E-state index in [1.54, 1.807) is 0 Å². The zero-order valence-electron chi connectivity index (χ0n) is 39.9. The molecule has 0 saturated heterocycles. The highest BCUT2D eigenvalue weighted by molar-refractivity contribution is 7.47. The van der Waals surface area contributed by atoms with E-state index < -0.39 is 57.8 Å². The third kappa shape index (κ3) is 43.2. The molecule has 12 heteroatoms. The van der Waals surface area contributed by atoms with Crippen molar-refractivity contribution in [1.29, 1.82) is 0 Å². The number of unbranched alkanes of at least 4 members (excludes halogenated alkanes) is 26. The van der Waals surface area contributed by atoms with Gasteiger partial charge in [0.15, 0.2) is 6.10 Å². The van der Waals surface area contributed by atoms with Gasteiger partial charge in [0, 0.05) is 19.3 Å². The Labute approximate surface area is 378 Å². The minimum absolute atomic E-state index is 0.163. The molecule has 0 amide bonds. The Kier molecular flexibility index (Phi) is 44.0. The third-order valence-corrected chi connectivity index (χ3v) is 11.8. The number of aliphatic hydroxyl groups is 1. The predicted octanol–water partition coefficient (Wildman–Crippen LogP) is 13.9. The van der Waals surface area contributed by atoms with Crippen LogP contribution >= 0.6 is 7.82 Å². The second kappa shape index (κ2) is 45.5. The number of carbonyl (C=O) groups excluding carboxylic acids is 3. The van der Waals surface area contributed by atoms with E-state index in [1.807, 2.05) is 0 Å². The number of ether oxygens (including phenoxy) is 3. The van der Waals surface area contributed by atoms with E-state index in [0.29, 0.717) is 19.3 Å². The van der Waals surface area contributed by atoms with Crippen LogP contribution in [0, 0.1) is 0 Å². The maximum atomic E-state index is 12.8. The highest BCUT2D eigenvalue weighted by Gasteiger charge is 2.28. The molecule has 364 valence electrons. The summed E-state index contributed by atoms with van der Waals surface area (Å²) in [5, 5.41) is 9.72. The molecular formula is C50H93O11P.